The smallest absolute Gasteiger partial charge is 0.326 e. The van der Waals surface area contributed by atoms with Crippen LogP contribution in [-0.4, -0.2) is 40.4 Å². The summed E-state index contributed by atoms with van der Waals surface area (Å²) in [5, 5.41) is 12.0. The Balaban J connectivity index is 1.93. The maximum Gasteiger partial charge on any atom is 0.326 e. The Morgan fingerprint density at radius 1 is 1.25 bits per heavy atom. The Hall–Kier alpha value is -2.37. The fourth-order valence-electron chi connectivity index (χ4n) is 2.82. The lowest BCUT2D eigenvalue weighted by molar-refractivity contribution is -0.141. The molecule has 0 spiro atoms. The molecule has 6 heteroatoms. The van der Waals surface area contributed by atoms with Crippen molar-refractivity contribution in [1.82, 2.24) is 10.2 Å². The van der Waals surface area contributed by atoms with Gasteiger partial charge in [-0.2, -0.15) is 0 Å². The van der Waals surface area contributed by atoms with Crippen LogP contribution in [-0.2, 0) is 16.1 Å². The Morgan fingerprint density at radius 2 is 1.96 bits per heavy atom. The lowest BCUT2D eigenvalue weighted by Gasteiger charge is -2.21. The molecule has 1 aliphatic heterocycles. The predicted molar refractivity (Wildman–Crippen MR) is 89.5 cm³/mol. The highest BCUT2D eigenvalue weighted by Gasteiger charge is 2.34. The predicted octanol–water partition coefficient (Wildman–Crippen LogP) is 2.18. The quantitative estimate of drug-likeness (QED) is 0.801. The number of likely N-dealkylation sites (tertiary alicyclic amines) is 1. The van der Waals surface area contributed by atoms with Gasteiger partial charge >= 0.3 is 5.97 Å². The van der Waals surface area contributed by atoms with Gasteiger partial charge in [0.05, 0.1) is 0 Å². The molecule has 2 N–H and O–H groups in total. The number of nitrogens with zero attached hydrogens (tertiary/aromatic N) is 1. The summed E-state index contributed by atoms with van der Waals surface area (Å²) in [6, 6.07) is 6.23. The van der Waals surface area contributed by atoms with Gasteiger partial charge in [-0.25, -0.2) is 4.79 Å². The van der Waals surface area contributed by atoms with E-state index in [0.717, 1.165) is 18.4 Å². The summed E-state index contributed by atoms with van der Waals surface area (Å²) < 4.78 is 0. The van der Waals surface area contributed by atoms with Crippen molar-refractivity contribution in [2.75, 3.05) is 6.54 Å². The van der Waals surface area contributed by atoms with E-state index in [1.165, 1.54) is 4.90 Å². The highest BCUT2D eigenvalue weighted by molar-refractivity contribution is 5.97. The molecule has 1 heterocycles. The molecule has 1 fully saturated rings. The molecule has 1 saturated heterocycles. The third-order valence-electron chi connectivity index (χ3n) is 4.25. The van der Waals surface area contributed by atoms with E-state index in [0.29, 0.717) is 37.9 Å². The van der Waals surface area contributed by atoms with Gasteiger partial charge in [0.25, 0.3) is 5.91 Å². The number of amides is 2. The maximum atomic E-state index is 12.5. The highest BCUT2D eigenvalue weighted by Crippen LogP contribution is 2.20. The van der Waals surface area contributed by atoms with Crippen LogP contribution in [0.2, 0.25) is 0 Å². The average Bonchev–Trinajstić information content (AvgIpc) is 3.08. The summed E-state index contributed by atoms with van der Waals surface area (Å²) in [7, 11) is 0. The van der Waals surface area contributed by atoms with E-state index in [-0.39, 0.29) is 11.8 Å². The Morgan fingerprint density at radius 3 is 2.58 bits per heavy atom. The minimum atomic E-state index is -0.952. The van der Waals surface area contributed by atoms with Crippen molar-refractivity contribution >= 4 is 17.8 Å². The number of unbranched alkanes of at least 4 members (excludes halogenated alkanes) is 1. The van der Waals surface area contributed by atoms with Crippen LogP contribution in [0.5, 0.6) is 0 Å². The van der Waals surface area contributed by atoms with Gasteiger partial charge in [-0.3, -0.25) is 9.59 Å². The number of carboxylic acid groups (broad SMARTS) is 1. The van der Waals surface area contributed by atoms with Crippen molar-refractivity contribution in [1.29, 1.82) is 0 Å². The van der Waals surface area contributed by atoms with Crippen molar-refractivity contribution in [3.63, 3.8) is 0 Å². The van der Waals surface area contributed by atoms with E-state index in [4.69, 9.17) is 0 Å². The molecule has 0 aliphatic carbocycles. The molecule has 0 bridgehead atoms. The van der Waals surface area contributed by atoms with Crippen LogP contribution in [0.25, 0.3) is 0 Å². The maximum absolute atomic E-state index is 12.5. The Bertz CT molecular complexity index is 598. The molecule has 1 unspecified atom stereocenters. The molecule has 2 amide bonds. The molecule has 0 saturated carbocycles. The van der Waals surface area contributed by atoms with Gasteiger partial charge in [0, 0.05) is 25.1 Å². The minimum absolute atomic E-state index is 0.0263. The van der Waals surface area contributed by atoms with Gasteiger partial charge in [0.1, 0.15) is 6.04 Å². The summed E-state index contributed by atoms with van der Waals surface area (Å²) >= 11 is 0. The zero-order valence-corrected chi connectivity index (χ0v) is 14.0. The van der Waals surface area contributed by atoms with Crippen LogP contribution in [0, 0.1) is 0 Å². The number of carboxylic acids is 1. The first kappa shape index (κ1) is 18.0. The first-order chi connectivity index (χ1) is 11.5. The Kier molecular flexibility index (Phi) is 6.35. The molecule has 1 atom stereocenters. The zero-order chi connectivity index (χ0) is 17.5. The van der Waals surface area contributed by atoms with Gasteiger partial charge in [-0.1, -0.05) is 25.5 Å². The Labute approximate surface area is 141 Å². The molecule has 0 radical (unpaired) electrons. The van der Waals surface area contributed by atoms with Crippen LogP contribution in [0.15, 0.2) is 24.3 Å². The van der Waals surface area contributed by atoms with Crippen LogP contribution in [0.1, 0.15) is 54.9 Å². The molecule has 1 aromatic rings. The van der Waals surface area contributed by atoms with Gasteiger partial charge in [0.15, 0.2) is 0 Å². The van der Waals surface area contributed by atoms with Crippen molar-refractivity contribution < 1.29 is 19.5 Å². The minimum Gasteiger partial charge on any atom is -0.480 e. The van der Waals surface area contributed by atoms with Gasteiger partial charge in [-0.05, 0) is 37.0 Å². The SMILES string of the molecule is CCCCC(=O)NCc1ccc(C(=O)N2CCCC2C(=O)O)cc1. The molecule has 0 aromatic heterocycles. The summed E-state index contributed by atoms with van der Waals surface area (Å²) in [5.41, 5.74) is 1.39. The van der Waals surface area contributed by atoms with Gasteiger partial charge in [0.2, 0.25) is 5.91 Å². The van der Waals surface area contributed by atoms with E-state index in [1.807, 2.05) is 6.92 Å². The van der Waals surface area contributed by atoms with E-state index >= 15 is 0 Å². The molecule has 24 heavy (non-hydrogen) atoms. The fourth-order valence-corrected chi connectivity index (χ4v) is 2.82. The largest absolute Gasteiger partial charge is 0.480 e. The van der Waals surface area contributed by atoms with Crippen LogP contribution in [0.4, 0.5) is 0 Å². The van der Waals surface area contributed by atoms with Crippen molar-refractivity contribution in [3.05, 3.63) is 35.4 Å². The second-order valence-electron chi connectivity index (χ2n) is 6.07. The standard InChI is InChI=1S/C18H24N2O4/c1-2-3-6-16(21)19-12-13-7-9-14(10-8-13)17(22)20-11-4-5-15(20)18(23)24/h7-10,15H,2-6,11-12H2,1H3,(H,19,21)(H,23,24). The van der Waals surface area contributed by atoms with Crippen LogP contribution < -0.4 is 5.32 Å². The summed E-state index contributed by atoms with van der Waals surface area (Å²) in [6.07, 6.45) is 3.60. The number of rotatable bonds is 7. The average molecular weight is 332 g/mol. The summed E-state index contributed by atoms with van der Waals surface area (Å²) in [4.78, 5) is 36.7. The topological polar surface area (TPSA) is 86.7 Å². The van der Waals surface area contributed by atoms with E-state index in [2.05, 4.69) is 5.32 Å². The molecular weight excluding hydrogens is 308 g/mol. The monoisotopic (exact) mass is 332 g/mol. The summed E-state index contributed by atoms with van der Waals surface area (Å²) in [6.45, 7) is 2.95. The second kappa shape index (κ2) is 8.47. The van der Waals surface area contributed by atoms with Crippen molar-refractivity contribution in [3.8, 4) is 0 Å². The van der Waals surface area contributed by atoms with Crippen LogP contribution in [0.3, 0.4) is 0 Å². The first-order valence-electron chi connectivity index (χ1n) is 8.42. The number of benzene rings is 1. The molecule has 1 aliphatic rings. The van der Waals surface area contributed by atoms with Crippen molar-refractivity contribution in [2.45, 2.75) is 51.6 Å². The second-order valence-corrected chi connectivity index (χ2v) is 6.07. The molecule has 1 aromatic carbocycles. The number of hydrogen-bond acceptors (Lipinski definition) is 3. The molecular formula is C18H24N2O4. The van der Waals surface area contributed by atoms with E-state index < -0.39 is 12.0 Å². The van der Waals surface area contributed by atoms with Gasteiger partial charge in [-0.15, -0.1) is 0 Å². The lowest BCUT2D eigenvalue weighted by Crippen LogP contribution is -2.40. The molecule has 130 valence electrons. The van der Waals surface area contributed by atoms with E-state index in [1.54, 1.807) is 24.3 Å². The zero-order valence-electron chi connectivity index (χ0n) is 14.0. The van der Waals surface area contributed by atoms with Gasteiger partial charge < -0.3 is 15.3 Å². The lowest BCUT2D eigenvalue weighted by atomic mass is 10.1. The van der Waals surface area contributed by atoms with E-state index in [9.17, 15) is 19.5 Å². The van der Waals surface area contributed by atoms with Crippen LogP contribution >= 0.6 is 0 Å². The number of carbonyl (C=O) groups excluding carboxylic acids is 2. The number of aliphatic carboxylic acids is 1. The third kappa shape index (κ3) is 4.57. The molecule has 2 rings (SSSR count). The normalized spacial score (nSPS) is 16.9. The number of nitrogens with one attached hydrogen (secondary N) is 1. The first-order valence-corrected chi connectivity index (χ1v) is 8.42. The fraction of sp³-hybridized carbons (Fsp3) is 0.500. The summed E-state index contributed by atoms with van der Waals surface area (Å²) in [5.74, 6) is -1.18. The number of carbonyl (C=O) groups is 3. The van der Waals surface area contributed by atoms with Crippen molar-refractivity contribution in [2.24, 2.45) is 0 Å². The third-order valence-corrected chi connectivity index (χ3v) is 4.25. The molecule has 6 nitrogen and oxygen atoms in total. The number of hydrogen-bond donors (Lipinski definition) is 2. The highest BCUT2D eigenvalue weighted by atomic mass is 16.4.